The Kier molecular flexibility index (Phi) is 16.1. The van der Waals surface area contributed by atoms with E-state index < -0.39 is 0 Å². The van der Waals surface area contributed by atoms with Gasteiger partial charge in [-0.3, -0.25) is 0 Å². The van der Waals surface area contributed by atoms with E-state index in [2.05, 4.69) is 60.5 Å². The number of halogens is 3. The molecule has 0 amide bonds. The predicted octanol–water partition coefficient (Wildman–Crippen LogP) is 8.30. The van der Waals surface area contributed by atoms with Crippen molar-refractivity contribution in [2.75, 3.05) is 26.2 Å². The van der Waals surface area contributed by atoms with Gasteiger partial charge in [0.1, 0.15) is 12.4 Å². The van der Waals surface area contributed by atoms with E-state index in [-0.39, 0.29) is 24.8 Å². The first kappa shape index (κ1) is 31.5. The van der Waals surface area contributed by atoms with Crippen LogP contribution in [0.1, 0.15) is 57.1 Å². The van der Waals surface area contributed by atoms with E-state index in [4.69, 9.17) is 16.3 Å². The molecule has 0 atom stereocenters. The Morgan fingerprint density at radius 1 is 0.800 bits per heavy atom. The van der Waals surface area contributed by atoms with E-state index in [0.29, 0.717) is 6.61 Å². The molecule has 0 spiro atoms. The maximum absolute atomic E-state index is 6.34. The van der Waals surface area contributed by atoms with Gasteiger partial charge in [0.15, 0.2) is 0 Å². The third-order valence-corrected chi connectivity index (χ3v) is 6.49. The molecule has 0 heterocycles. The Balaban J connectivity index is 0.00000306. The number of benzene rings is 3. The van der Waals surface area contributed by atoms with Gasteiger partial charge >= 0.3 is 0 Å². The van der Waals surface area contributed by atoms with Crippen molar-refractivity contribution in [3.05, 3.63) is 76.8 Å². The highest BCUT2D eigenvalue weighted by Crippen LogP contribution is 2.29. The average molecular weight is 540 g/mol. The van der Waals surface area contributed by atoms with Crippen LogP contribution in [0.5, 0.6) is 5.75 Å². The molecule has 3 aromatic carbocycles. The summed E-state index contributed by atoms with van der Waals surface area (Å²) in [6.07, 6.45) is 6.27. The van der Waals surface area contributed by atoms with E-state index >= 15 is 0 Å². The first-order valence-corrected chi connectivity index (χ1v) is 12.9. The number of nitrogens with one attached hydrogen (secondary N) is 1. The van der Waals surface area contributed by atoms with Crippen LogP contribution in [0.3, 0.4) is 0 Å². The summed E-state index contributed by atoms with van der Waals surface area (Å²) in [6.45, 7) is 10.4. The molecule has 0 aliphatic heterocycles. The molecule has 0 unspecified atom stereocenters. The van der Waals surface area contributed by atoms with Crippen molar-refractivity contribution in [1.82, 2.24) is 10.2 Å². The van der Waals surface area contributed by atoms with Gasteiger partial charge < -0.3 is 15.0 Å². The van der Waals surface area contributed by atoms with Crippen molar-refractivity contribution in [2.45, 2.75) is 59.1 Å². The van der Waals surface area contributed by atoms with Gasteiger partial charge in [-0.25, -0.2) is 0 Å². The molecular weight excluding hydrogens is 499 g/mol. The number of hydrogen-bond acceptors (Lipinski definition) is 3. The van der Waals surface area contributed by atoms with Crippen molar-refractivity contribution in [1.29, 1.82) is 0 Å². The van der Waals surface area contributed by atoms with Gasteiger partial charge in [0.25, 0.3) is 0 Å². The topological polar surface area (TPSA) is 24.5 Å². The van der Waals surface area contributed by atoms with Crippen LogP contribution in [0.2, 0.25) is 5.02 Å². The van der Waals surface area contributed by atoms with E-state index in [0.717, 1.165) is 35.8 Å². The average Bonchev–Trinajstić information content (AvgIpc) is 2.85. The zero-order valence-electron chi connectivity index (χ0n) is 21.1. The van der Waals surface area contributed by atoms with Crippen LogP contribution in [0.15, 0.2) is 60.7 Å². The van der Waals surface area contributed by atoms with Gasteiger partial charge in [0.2, 0.25) is 0 Å². The lowest BCUT2D eigenvalue weighted by Crippen LogP contribution is -2.29. The summed E-state index contributed by atoms with van der Waals surface area (Å²) < 4.78 is 6.26. The predicted molar refractivity (Wildman–Crippen MR) is 157 cm³/mol. The maximum atomic E-state index is 6.34. The van der Waals surface area contributed by atoms with E-state index in [1.165, 1.54) is 61.7 Å². The monoisotopic (exact) mass is 538 g/mol. The highest BCUT2D eigenvalue weighted by Gasteiger charge is 2.10. The van der Waals surface area contributed by atoms with Crippen molar-refractivity contribution >= 4 is 47.2 Å². The van der Waals surface area contributed by atoms with Crippen molar-refractivity contribution in [2.24, 2.45) is 0 Å². The molecule has 0 bridgehead atoms. The van der Waals surface area contributed by atoms with Gasteiger partial charge in [-0.1, -0.05) is 86.8 Å². The highest BCUT2D eigenvalue weighted by atomic mass is 35.5. The van der Waals surface area contributed by atoms with Crippen molar-refractivity contribution in [3.8, 4) is 5.75 Å². The van der Waals surface area contributed by atoms with E-state index in [9.17, 15) is 0 Å². The van der Waals surface area contributed by atoms with E-state index in [1.807, 2.05) is 24.3 Å². The molecule has 1 N–H and O–H groups in total. The minimum atomic E-state index is 0. The van der Waals surface area contributed by atoms with Gasteiger partial charge in [-0.05, 0) is 68.3 Å². The molecule has 0 saturated carbocycles. The molecule has 3 nitrogen and oxygen atoms in total. The second-order valence-corrected chi connectivity index (χ2v) is 9.13. The molecule has 0 fully saturated rings. The highest BCUT2D eigenvalue weighted by molar-refractivity contribution is 6.31. The quantitative estimate of drug-likeness (QED) is 0.197. The van der Waals surface area contributed by atoms with Crippen LogP contribution in [0, 0.1) is 0 Å². The summed E-state index contributed by atoms with van der Waals surface area (Å²) in [7, 11) is 0. The Bertz CT molecular complexity index is 975. The van der Waals surface area contributed by atoms with Gasteiger partial charge in [0.05, 0.1) is 0 Å². The van der Waals surface area contributed by atoms with Crippen LogP contribution in [-0.4, -0.2) is 31.1 Å². The minimum Gasteiger partial charge on any atom is -0.488 e. The third-order valence-electron chi connectivity index (χ3n) is 6.12. The number of fused-ring (bicyclic) bond motifs is 1. The van der Waals surface area contributed by atoms with E-state index in [1.54, 1.807) is 0 Å². The zero-order valence-corrected chi connectivity index (χ0v) is 23.5. The molecular formula is C29H41Cl3N2O. The molecule has 0 saturated heterocycles. The molecule has 6 heteroatoms. The smallest absolute Gasteiger partial charge is 0.124 e. The summed E-state index contributed by atoms with van der Waals surface area (Å²) in [5.74, 6) is 0.925. The standard InChI is InChI=1S/C29H39ClN2O.2ClH/c1-3-5-19-32(20-6-4-2)21-11-18-31-22-27-26-14-9-7-12-24(26)16-17-29(27)33-23-25-13-8-10-15-28(25)30;;/h7-10,12-17,31H,3-6,11,18-23H2,1-2H3;2*1H. The molecule has 0 aliphatic carbocycles. The van der Waals surface area contributed by atoms with Crippen LogP contribution < -0.4 is 10.1 Å². The first-order chi connectivity index (χ1) is 16.2. The first-order valence-electron chi connectivity index (χ1n) is 12.5. The molecule has 0 radical (unpaired) electrons. The second-order valence-electron chi connectivity index (χ2n) is 8.72. The summed E-state index contributed by atoms with van der Waals surface area (Å²) in [6, 6.07) is 20.6. The summed E-state index contributed by atoms with van der Waals surface area (Å²) in [5.41, 5.74) is 2.22. The molecule has 35 heavy (non-hydrogen) atoms. The molecule has 3 aromatic rings. The lowest BCUT2D eigenvalue weighted by molar-refractivity contribution is 0.260. The third kappa shape index (κ3) is 10.2. The number of hydrogen-bond donors (Lipinski definition) is 1. The Labute approximate surface area is 229 Å². The SMILES string of the molecule is CCCCN(CCCC)CCCNCc1c(OCc2ccccc2Cl)ccc2ccccc12.Cl.Cl. The number of nitrogens with zero attached hydrogens (tertiary/aromatic N) is 1. The fourth-order valence-electron chi connectivity index (χ4n) is 4.14. The summed E-state index contributed by atoms with van der Waals surface area (Å²) >= 11 is 6.34. The van der Waals surface area contributed by atoms with Crippen LogP contribution in [0.4, 0.5) is 0 Å². The largest absolute Gasteiger partial charge is 0.488 e. The minimum absolute atomic E-state index is 0. The van der Waals surface area contributed by atoms with Gasteiger partial charge in [-0.2, -0.15) is 0 Å². The fourth-order valence-corrected chi connectivity index (χ4v) is 4.33. The lowest BCUT2D eigenvalue weighted by Gasteiger charge is -2.22. The maximum Gasteiger partial charge on any atom is 0.124 e. The summed E-state index contributed by atoms with van der Waals surface area (Å²) in [5, 5.41) is 6.91. The number of rotatable bonds is 15. The van der Waals surface area contributed by atoms with Crippen LogP contribution >= 0.6 is 36.4 Å². The zero-order chi connectivity index (χ0) is 23.3. The summed E-state index contributed by atoms with van der Waals surface area (Å²) in [4.78, 5) is 2.63. The molecule has 0 aromatic heterocycles. The Morgan fingerprint density at radius 2 is 1.46 bits per heavy atom. The molecule has 3 rings (SSSR count). The second kappa shape index (κ2) is 17.9. The van der Waals surface area contributed by atoms with Crippen LogP contribution in [-0.2, 0) is 13.2 Å². The van der Waals surface area contributed by atoms with Gasteiger partial charge in [-0.15, -0.1) is 24.8 Å². The van der Waals surface area contributed by atoms with Crippen molar-refractivity contribution in [3.63, 3.8) is 0 Å². The fraction of sp³-hybridized carbons (Fsp3) is 0.448. The lowest BCUT2D eigenvalue weighted by atomic mass is 10.0. The molecule has 0 aliphatic rings. The van der Waals surface area contributed by atoms with Crippen LogP contribution in [0.25, 0.3) is 10.8 Å². The normalized spacial score (nSPS) is 10.7. The number of unbranched alkanes of at least 4 members (excludes halogenated alkanes) is 2. The Morgan fingerprint density at radius 3 is 2.17 bits per heavy atom. The Hall–Kier alpha value is -1.49. The number of ether oxygens (including phenoxy) is 1. The van der Waals surface area contributed by atoms with Gasteiger partial charge in [0, 0.05) is 22.7 Å². The van der Waals surface area contributed by atoms with Crippen molar-refractivity contribution < 1.29 is 4.74 Å². The molecule has 194 valence electrons.